The van der Waals surface area contributed by atoms with Crippen molar-refractivity contribution in [3.8, 4) is 5.75 Å². The molecule has 7 nitrogen and oxygen atoms in total. The number of amides is 2. The van der Waals surface area contributed by atoms with E-state index in [9.17, 15) is 22.8 Å². The van der Waals surface area contributed by atoms with Crippen LogP contribution in [0.3, 0.4) is 0 Å². The van der Waals surface area contributed by atoms with Gasteiger partial charge in [-0.1, -0.05) is 11.3 Å². The Morgan fingerprint density at radius 1 is 1.31 bits per heavy atom. The summed E-state index contributed by atoms with van der Waals surface area (Å²) in [5.74, 6) is -1.42. The number of ether oxygens (including phenoxy) is 1. The van der Waals surface area contributed by atoms with Crippen molar-refractivity contribution >= 4 is 38.5 Å². The van der Waals surface area contributed by atoms with Gasteiger partial charge >= 0.3 is 6.36 Å². The van der Waals surface area contributed by atoms with E-state index in [0.717, 1.165) is 17.4 Å². The van der Waals surface area contributed by atoms with Gasteiger partial charge in [0.2, 0.25) is 5.91 Å². The molecule has 0 aliphatic carbocycles. The number of nitrogens with two attached hydrogens (primary N) is 1. The molecule has 0 aliphatic heterocycles. The highest BCUT2D eigenvalue weighted by Crippen LogP contribution is 2.31. The lowest BCUT2D eigenvalue weighted by molar-refractivity contribution is -0.274. The molecule has 0 radical (unpaired) electrons. The number of carbonyl (C=O) groups is 2. The second kappa shape index (κ2) is 7.08. The van der Waals surface area contributed by atoms with Crippen molar-refractivity contribution in [1.29, 1.82) is 0 Å². The number of hydrogen-bond donors (Lipinski definition) is 3. The zero-order valence-electron chi connectivity index (χ0n) is 14.1. The lowest BCUT2D eigenvalue weighted by atomic mass is 10.0. The maximum atomic E-state index is 12.4. The van der Waals surface area contributed by atoms with Crippen LogP contribution in [0.5, 0.6) is 5.75 Å². The monoisotopic (exact) mass is 390 g/mol. The minimum atomic E-state index is -4.79. The van der Waals surface area contributed by atoms with Crippen molar-refractivity contribution in [1.82, 2.24) is 10.3 Å². The zero-order chi connectivity index (χ0) is 19.7. The highest BCUT2D eigenvalue weighted by atomic mass is 32.1. The average molecular weight is 390 g/mol. The number of hydrogen-bond acceptors (Lipinski definition) is 6. The van der Waals surface area contributed by atoms with Gasteiger partial charge in [-0.2, -0.15) is 0 Å². The quantitative estimate of drug-likeness (QED) is 0.727. The van der Waals surface area contributed by atoms with Gasteiger partial charge in [-0.05, 0) is 32.9 Å². The molecule has 4 N–H and O–H groups in total. The van der Waals surface area contributed by atoms with Crippen molar-refractivity contribution in [3.63, 3.8) is 0 Å². The first-order chi connectivity index (χ1) is 11.9. The molecule has 2 amide bonds. The summed E-state index contributed by atoms with van der Waals surface area (Å²) < 4.78 is 41.1. The Morgan fingerprint density at radius 2 is 1.96 bits per heavy atom. The Balaban J connectivity index is 2.15. The van der Waals surface area contributed by atoms with Crippen LogP contribution in [0.2, 0.25) is 0 Å². The number of carbonyl (C=O) groups excluding carboxylic acids is 2. The van der Waals surface area contributed by atoms with Crippen molar-refractivity contribution < 1.29 is 27.5 Å². The summed E-state index contributed by atoms with van der Waals surface area (Å²) in [7, 11) is 0. The molecule has 1 aromatic carbocycles. The van der Waals surface area contributed by atoms with Crippen molar-refractivity contribution in [3.05, 3.63) is 18.2 Å². The third kappa shape index (κ3) is 5.05. The molecular formula is C15H17F3N4O3S. The number of fused-ring (bicyclic) bond motifs is 1. The molecule has 11 heteroatoms. The van der Waals surface area contributed by atoms with Gasteiger partial charge in [0.25, 0.3) is 5.91 Å². The van der Waals surface area contributed by atoms with E-state index in [1.54, 1.807) is 0 Å². The van der Waals surface area contributed by atoms with Gasteiger partial charge in [0.1, 0.15) is 11.3 Å². The summed E-state index contributed by atoms with van der Waals surface area (Å²) in [6.07, 6.45) is -4.79. The first-order valence-corrected chi connectivity index (χ1v) is 8.24. The molecule has 0 fully saturated rings. The molecule has 1 atom stereocenters. The van der Waals surface area contributed by atoms with E-state index in [-0.39, 0.29) is 10.9 Å². The van der Waals surface area contributed by atoms with Gasteiger partial charge in [-0.3, -0.25) is 14.9 Å². The summed E-state index contributed by atoms with van der Waals surface area (Å²) >= 11 is 0.979. The molecule has 142 valence electrons. The zero-order valence-corrected chi connectivity index (χ0v) is 14.9. The molecule has 0 spiro atoms. The molecule has 2 rings (SSSR count). The first kappa shape index (κ1) is 19.9. The third-order valence-electron chi connectivity index (χ3n) is 3.23. The number of aromatic nitrogens is 1. The summed E-state index contributed by atoms with van der Waals surface area (Å²) in [6, 6.07) is 2.88. The Bertz CT molecular complexity index is 833. The predicted octanol–water partition coefficient (Wildman–Crippen LogP) is 2.38. The molecule has 0 saturated heterocycles. The largest absolute Gasteiger partial charge is 0.573 e. The van der Waals surface area contributed by atoms with Gasteiger partial charge in [-0.25, -0.2) is 4.98 Å². The van der Waals surface area contributed by atoms with Gasteiger partial charge in [0.15, 0.2) is 5.13 Å². The molecule has 0 bridgehead atoms. The average Bonchev–Trinajstić information content (AvgIpc) is 2.86. The van der Waals surface area contributed by atoms with Crippen molar-refractivity contribution in [2.45, 2.75) is 38.7 Å². The van der Waals surface area contributed by atoms with Gasteiger partial charge in [-0.15, -0.1) is 13.2 Å². The van der Waals surface area contributed by atoms with Crippen LogP contribution >= 0.6 is 11.3 Å². The molecular weight excluding hydrogens is 373 g/mol. The summed E-state index contributed by atoms with van der Waals surface area (Å²) in [4.78, 5) is 28.2. The van der Waals surface area contributed by atoms with Gasteiger partial charge in [0, 0.05) is 6.07 Å². The van der Waals surface area contributed by atoms with E-state index in [2.05, 4.69) is 20.4 Å². The minimum Gasteiger partial charge on any atom is -0.406 e. The molecule has 0 unspecified atom stereocenters. The van der Waals surface area contributed by atoms with E-state index < -0.39 is 29.8 Å². The van der Waals surface area contributed by atoms with E-state index >= 15 is 0 Å². The van der Waals surface area contributed by atoms with Crippen LogP contribution in [0.4, 0.5) is 18.3 Å². The Hall–Kier alpha value is -2.40. The fourth-order valence-corrected chi connectivity index (χ4v) is 2.78. The van der Waals surface area contributed by atoms with Crippen molar-refractivity contribution in [2.24, 2.45) is 5.73 Å². The van der Waals surface area contributed by atoms with Crippen LogP contribution in [0.1, 0.15) is 20.8 Å². The van der Waals surface area contributed by atoms with Crippen LogP contribution in [0, 0.1) is 0 Å². The van der Waals surface area contributed by atoms with Crippen molar-refractivity contribution in [2.75, 3.05) is 5.32 Å². The standard InChI is InChI=1S/C15H17F3N4O3S/c1-7(19)11(23)22-14(2,3)12(24)21-13-20-9-5-4-8(6-10(9)26-13)25-15(16,17)18/h4-7H,19H2,1-3H3,(H,22,23)(H,20,21,24)/t7-/m1/s1. The number of rotatable bonds is 5. The lowest BCUT2D eigenvalue weighted by Crippen LogP contribution is -2.55. The number of anilines is 1. The highest BCUT2D eigenvalue weighted by Gasteiger charge is 2.32. The lowest BCUT2D eigenvalue weighted by Gasteiger charge is -2.25. The summed E-state index contributed by atoms with van der Waals surface area (Å²) in [6.45, 7) is 4.47. The first-order valence-electron chi connectivity index (χ1n) is 7.43. The smallest absolute Gasteiger partial charge is 0.406 e. The van der Waals surface area contributed by atoms with E-state index in [4.69, 9.17) is 5.73 Å². The van der Waals surface area contributed by atoms with Gasteiger partial charge < -0.3 is 15.8 Å². The third-order valence-corrected chi connectivity index (χ3v) is 4.16. The number of nitrogens with zero attached hydrogens (tertiary/aromatic N) is 1. The fraction of sp³-hybridized carbons (Fsp3) is 0.400. The Kier molecular flexibility index (Phi) is 5.42. The summed E-state index contributed by atoms with van der Waals surface area (Å²) in [5, 5.41) is 5.21. The van der Waals surface area contributed by atoms with Crippen LogP contribution in [-0.4, -0.2) is 34.7 Å². The molecule has 0 aliphatic rings. The van der Waals surface area contributed by atoms with E-state index in [1.165, 1.54) is 32.9 Å². The minimum absolute atomic E-state index is 0.178. The summed E-state index contributed by atoms with van der Waals surface area (Å²) in [5.41, 5.74) is 4.60. The SMILES string of the molecule is C[C@@H](N)C(=O)NC(C)(C)C(=O)Nc1nc2ccc(OC(F)(F)F)cc2s1. The Morgan fingerprint density at radius 3 is 2.54 bits per heavy atom. The molecule has 1 aromatic heterocycles. The van der Waals surface area contributed by atoms with E-state index in [1.807, 2.05) is 0 Å². The molecule has 1 heterocycles. The number of alkyl halides is 3. The number of benzene rings is 1. The Labute approximate surface area is 150 Å². The number of thiazole rings is 1. The maximum Gasteiger partial charge on any atom is 0.573 e. The normalized spacial score (nSPS) is 13.3. The number of nitrogens with one attached hydrogen (secondary N) is 2. The highest BCUT2D eigenvalue weighted by molar-refractivity contribution is 7.22. The molecule has 26 heavy (non-hydrogen) atoms. The van der Waals surface area contributed by atoms with Gasteiger partial charge in [0.05, 0.1) is 16.3 Å². The van der Waals surface area contributed by atoms with Crippen LogP contribution in [0.25, 0.3) is 10.2 Å². The van der Waals surface area contributed by atoms with Crippen LogP contribution < -0.4 is 21.1 Å². The molecule has 2 aromatic rings. The fourth-order valence-electron chi connectivity index (χ4n) is 1.89. The maximum absolute atomic E-state index is 12.4. The van der Waals surface area contributed by atoms with Crippen LogP contribution in [-0.2, 0) is 9.59 Å². The second-order valence-electron chi connectivity index (χ2n) is 6.05. The number of halogens is 3. The van der Waals surface area contributed by atoms with E-state index in [0.29, 0.717) is 10.2 Å². The topological polar surface area (TPSA) is 106 Å². The van der Waals surface area contributed by atoms with Crippen LogP contribution in [0.15, 0.2) is 18.2 Å². The second-order valence-corrected chi connectivity index (χ2v) is 7.08. The molecule has 0 saturated carbocycles. The predicted molar refractivity (Wildman–Crippen MR) is 90.8 cm³/mol.